The van der Waals surface area contributed by atoms with E-state index in [0.717, 1.165) is 18.4 Å². The molecule has 0 saturated carbocycles. The van der Waals surface area contributed by atoms with Crippen molar-refractivity contribution in [1.29, 1.82) is 0 Å². The summed E-state index contributed by atoms with van der Waals surface area (Å²) in [7, 11) is 1.59. The van der Waals surface area contributed by atoms with Crippen LogP contribution in [0.3, 0.4) is 0 Å². The third kappa shape index (κ3) is 3.20. The third-order valence-corrected chi connectivity index (χ3v) is 2.46. The highest BCUT2D eigenvalue weighted by atomic mass is 19.1. The summed E-state index contributed by atoms with van der Waals surface area (Å²) >= 11 is 0. The predicted molar refractivity (Wildman–Crippen MR) is 62.2 cm³/mol. The summed E-state index contributed by atoms with van der Waals surface area (Å²) in [6, 6.07) is 4.54. The second-order valence-electron chi connectivity index (χ2n) is 3.62. The Labute approximate surface area is 96.4 Å². The lowest BCUT2D eigenvalue weighted by atomic mass is 10.0. The first-order chi connectivity index (χ1) is 7.72. The summed E-state index contributed by atoms with van der Waals surface area (Å²) in [4.78, 5) is 0. The van der Waals surface area contributed by atoms with Crippen molar-refractivity contribution in [2.45, 2.75) is 32.8 Å². The molecule has 1 rings (SSSR count). The molecule has 0 aromatic heterocycles. The first-order valence-electron chi connectivity index (χ1n) is 5.67. The van der Waals surface area contributed by atoms with Gasteiger partial charge < -0.3 is 9.47 Å². The molecule has 0 N–H and O–H groups in total. The van der Waals surface area contributed by atoms with Gasteiger partial charge in [-0.1, -0.05) is 13.3 Å². The van der Waals surface area contributed by atoms with Crippen molar-refractivity contribution in [1.82, 2.24) is 0 Å². The Morgan fingerprint density at radius 1 is 1.31 bits per heavy atom. The molecule has 0 amide bonds. The highest BCUT2D eigenvalue weighted by Crippen LogP contribution is 2.31. The fraction of sp³-hybridized carbons (Fsp3) is 0.538. The van der Waals surface area contributed by atoms with Crippen LogP contribution in [0.25, 0.3) is 0 Å². The van der Waals surface area contributed by atoms with Crippen molar-refractivity contribution in [3.05, 3.63) is 29.6 Å². The maximum Gasteiger partial charge on any atom is 0.124 e. The SMILES string of the molecule is CCC[C@H](OCC)c1cc(F)ccc1OC. The minimum Gasteiger partial charge on any atom is -0.496 e. The Morgan fingerprint density at radius 3 is 2.62 bits per heavy atom. The Kier molecular flexibility index (Phi) is 5.26. The number of rotatable bonds is 6. The van der Waals surface area contributed by atoms with Crippen molar-refractivity contribution in [3.63, 3.8) is 0 Å². The molecule has 0 aliphatic rings. The molecule has 16 heavy (non-hydrogen) atoms. The van der Waals surface area contributed by atoms with Gasteiger partial charge in [-0.2, -0.15) is 0 Å². The van der Waals surface area contributed by atoms with Crippen molar-refractivity contribution < 1.29 is 13.9 Å². The number of benzene rings is 1. The molecule has 90 valence electrons. The summed E-state index contributed by atoms with van der Waals surface area (Å²) < 4.78 is 24.1. The maximum absolute atomic E-state index is 13.2. The van der Waals surface area contributed by atoms with Crippen molar-refractivity contribution in [2.75, 3.05) is 13.7 Å². The van der Waals surface area contributed by atoms with Gasteiger partial charge >= 0.3 is 0 Å². The lowest BCUT2D eigenvalue weighted by molar-refractivity contribution is 0.0537. The lowest BCUT2D eigenvalue weighted by Gasteiger charge is -2.19. The van der Waals surface area contributed by atoms with E-state index >= 15 is 0 Å². The fourth-order valence-electron chi connectivity index (χ4n) is 1.75. The van der Waals surface area contributed by atoms with Gasteiger partial charge in [0.05, 0.1) is 13.2 Å². The van der Waals surface area contributed by atoms with Gasteiger partial charge in [0.2, 0.25) is 0 Å². The Bertz CT molecular complexity index is 320. The molecule has 3 heteroatoms. The average Bonchev–Trinajstić information content (AvgIpc) is 2.29. The minimum atomic E-state index is -0.253. The van der Waals surface area contributed by atoms with Crippen LogP contribution in [-0.2, 0) is 4.74 Å². The molecule has 0 unspecified atom stereocenters. The molecule has 1 atom stereocenters. The molecule has 0 saturated heterocycles. The standard InChI is InChI=1S/C13H19FO2/c1-4-6-13(16-5-2)11-9-10(14)7-8-12(11)15-3/h7-9,13H,4-6H2,1-3H3/t13-/m0/s1. The predicted octanol–water partition coefficient (Wildman–Crippen LogP) is 3.71. The van der Waals surface area contributed by atoms with Crippen LogP contribution >= 0.6 is 0 Å². The molecule has 1 aromatic carbocycles. The van der Waals surface area contributed by atoms with E-state index in [-0.39, 0.29) is 11.9 Å². The van der Waals surface area contributed by atoms with Crippen LogP contribution in [-0.4, -0.2) is 13.7 Å². The van der Waals surface area contributed by atoms with Gasteiger partial charge in [-0.15, -0.1) is 0 Å². The van der Waals surface area contributed by atoms with Crippen LogP contribution in [0.4, 0.5) is 4.39 Å². The maximum atomic E-state index is 13.2. The van der Waals surface area contributed by atoms with E-state index in [2.05, 4.69) is 6.92 Å². The molecule has 2 nitrogen and oxygen atoms in total. The van der Waals surface area contributed by atoms with E-state index in [0.29, 0.717) is 12.4 Å². The van der Waals surface area contributed by atoms with Crippen LogP contribution in [0.2, 0.25) is 0 Å². The molecule has 0 radical (unpaired) electrons. The topological polar surface area (TPSA) is 18.5 Å². The van der Waals surface area contributed by atoms with Crippen molar-refractivity contribution in [2.24, 2.45) is 0 Å². The summed E-state index contributed by atoms with van der Waals surface area (Å²) in [5.41, 5.74) is 0.797. The van der Waals surface area contributed by atoms with Gasteiger partial charge in [-0.05, 0) is 31.5 Å². The number of hydrogen-bond acceptors (Lipinski definition) is 2. The van der Waals surface area contributed by atoms with Gasteiger partial charge in [-0.25, -0.2) is 4.39 Å². The molecule has 1 aromatic rings. The van der Waals surface area contributed by atoms with Gasteiger partial charge in [-0.3, -0.25) is 0 Å². The molecule has 0 fully saturated rings. The van der Waals surface area contributed by atoms with Crippen molar-refractivity contribution in [3.8, 4) is 5.75 Å². The molecule has 0 heterocycles. The van der Waals surface area contributed by atoms with Crippen LogP contribution in [0.5, 0.6) is 5.75 Å². The summed E-state index contributed by atoms with van der Waals surface area (Å²) in [5, 5.41) is 0. The first-order valence-corrected chi connectivity index (χ1v) is 5.67. The zero-order chi connectivity index (χ0) is 12.0. The highest BCUT2D eigenvalue weighted by molar-refractivity contribution is 5.35. The zero-order valence-corrected chi connectivity index (χ0v) is 10.1. The largest absolute Gasteiger partial charge is 0.496 e. The Hall–Kier alpha value is -1.09. The minimum absolute atomic E-state index is 0.0827. The molecule has 0 aliphatic heterocycles. The van der Waals surface area contributed by atoms with Crippen LogP contribution < -0.4 is 4.74 Å². The van der Waals surface area contributed by atoms with Gasteiger partial charge in [0.15, 0.2) is 0 Å². The van der Waals surface area contributed by atoms with Gasteiger partial charge in [0.1, 0.15) is 11.6 Å². The second-order valence-corrected chi connectivity index (χ2v) is 3.62. The normalized spacial score (nSPS) is 12.5. The van der Waals surface area contributed by atoms with E-state index in [1.807, 2.05) is 6.92 Å². The van der Waals surface area contributed by atoms with Gasteiger partial charge in [0, 0.05) is 12.2 Å². The Balaban J connectivity index is 3.00. The first kappa shape index (κ1) is 13.0. The van der Waals surface area contributed by atoms with E-state index in [9.17, 15) is 4.39 Å². The smallest absolute Gasteiger partial charge is 0.124 e. The molecule has 0 bridgehead atoms. The number of halogens is 1. The monoisotopic (exact) mass is 226 g/mol. The number of hydrogen-bond donors (Lipinski definition) is 0. The molecule has 0 spiro atoms. The van der Waals surface area contributed by atoms with Crippen molar-refractivity contribution >= 4 is 0 Å². The molecule has 0 aliphatic carbocycles. The number of ether oxygens (including phenoxy) is 2. The van der Waals surface area contributed by atoms with E-state index in [4.69, 9.17) is 9.47 Å². The second kappa shape index (κ2) is 6.48. The van der Waals surface area contributed by atoms with Crippen LogP contribution in [0.1, 0.15) is 38.4 Å². The quantitative estimate of drug-likeness (QED) is 0.736. The average molecular weight is 226 g/mol. The summed E-state index contributed by atoms with van der Waals surface area (Å²) in [5.74, 6) is 0.435. The van der Waals surface area contributed by atoms with Crippen LogP contribution in [0, 0.1) is 5.82 Å². The molecular formula is C13H19FO2. The Morgan fingerprint density at radius 2 is 2.06 bits per heavy atom. The summed E-state index contributed by atoms with van der Waals surface area (Å²) in [6.45, 7) is 4.64. The fourth-order valence-corrected chi connectivity index (χ4v) is 1.75. The number of methoxy groups -OCH3 is 1. The third-order valence-electron chi connectivity index (χ3n) is 2.46. The zero-order valence-electron chi connectivity index (χ0n) is 10.1. The van der Waals surface area contributed by atoms with Crippen LogP contribution in [0.15, 0.2) is 18.2 Å². The van der Waals surface area contributed by atoms with E-state index < -0.39 is 0 Å². The summed E-state index contributed by atoms with van der Waals surface area (Å²) in [6.07, 6.45) is 1.78. The highest BCUT2D eigenvalue weighted by Gasteiger charge is 2.16. The lowest BCUT2D eigenvalue weighted by Crippen LogP contribution is -2.06. The molecular weight excluding hydrogens is 207 g/mol. The van der Waals surface area contributed by atoms with E-state index in [1.165, 1.54) is 12.1 Å². The van der Waals surface area contributed by atoms with Gasteiger partial charge in [0.25, 0.3) is 0 Å². The van der Waals surface area contributed by atoms with E-state index in [1.54, 1.807) is 13.2 Å².